The molecule has 3 rings (SSSR count). The third-order valence-corrected chi connectivity index (χ3v) is 4.61. The molecule has 1 aliphatic heterocycles. The molecule has 0 bridgehead atoms. The predicted molar refractivity (Wildman–Crippen MR) is 89.2 cm³/mol. The third-order valence-electron chi connectivity index (χ3n) is 4.27. The number of rotatable bonds is 3. The van der Waals surface area contributed by atoms with Crippen molar-refractivity contribution in [3.8, 4) is 0 Å². The van der Waals surface area contributed by atoms with Gasteiger partial charge in [0.2, 0.25) is 0 Å². The Morgan fingerprint density at radius 3 is 2.17 bits per heavy atom. The lowest BCUT2D eigenvalue weighted by atomic mass is 9.95. The van der Waals surface area contributed by atoms with E-state index in [2.05, 4.69) is 10.2 Å². The molecule has 0 radical (unpaired) electrons. The van der Waals surface area contributed by atoms with Gasteiger partial charge >= 0.3 is 6.18 Å². The highest BCUT2D eigenvalue weighted by atomic mass is 35.5. The maximum Gasteiger partial charge on any atom is 0.416 e. The van der Waals surface area contributed by atoms with Gasteiger partial charge in [0.15, 0.2) is 0 Å². The van der Waals surface area contributed by atoms with Crippen LogP contribution in [0.15, 0.2) is 48.5 Å². The number of alkyl halides is 3. The summed E-state index contributed by atoms with van der Waals surface area (Å²) in [6.07, 6.45) is -4.33. The Morgan fingerprint density at radius 2 is 1.58 bits per heavy atom. The highest BCUT2D eigenvalue weighted by molar-refractivity contribution is 6.31. The molecule has 2 aromatic carbocycles. The smallest absolute Gasteiger partial charge is 0.314 e. The van der Waals surface area contributed by atoms with Gasteiger partial charge in [-0.3, -0.25) is 4.90 Å². The number of hydrogen-bond donors (Lipinski definition) is 1. The highest BCUT2D eigenvalue weighted by Crippen LogP contribution is 2.35. The maximum absolute atomic E-state index is 12.8. The van der Waals surface area contributed by atoms with Crippen LogP contribution in [0.4, 0.5) is 13.2 Å². The molecule has 1 saturated heterocycles. The van der Waals surface area contributed by atoms with Crippen LogP contribution in [0.25, 0.3) is 0 Å². The summed E-state index contributed by atoms with van der Waals surface area (Å²) >= 11 is 6.37. The van der Waals surface area contributed by atoms with E-state index in [0.29, 0.717) is 5.02 Å². The summed E-state index contributed by atoms with van der Waals surface area (Å²) in [6, 6.07) is 12.8. The van der Waals surface area contributed by atoms with Crippen LogP contribution in [0.1, 0.15) is 22.7 Å². The Labute approximate surface area is 144 Å². The predicted octanol–water partition coefficient (Wildman–Crippen LogP) is 4.35. The normalized spacial score (nSPS) is 17.7. The second kappa shape index (κ2) is 7.13. The molecule has 1 atom stereocenters. The summed E-state index contributed by atoms with van der Waals surface area (Å²) in [6.45, 7) is 3.33. The fraction of sp³-hybridized carbons (Fsp3) is 0.333. The van der Waals surface area contributed by atoms with Gasteiger partial charge < -0.3 is 5.32 Å². The number of nitrogens with zero attached hydrogens (tertiary/aromatic N) is 1. The molecular weight excluding hydrogens is 337 g/mol. The average molecular weight is 355 g/mol. The molecule has 1 heterocycles. The zero-order chi connectivity index (χ0) is 17.2. The minimum Gasteiger partial charge on any atom is -0.314 e. The second-order valence-electron chi connectivity index (χ2n) is 5.83. The summed E-state index contributed by atoms with van der Waals surface area (Å²) in [5.41, 5.74) is 1.10. The summed E-state index contributed by atoms with van der Waals surface area (Å²) < 4.78 is 38.5. The molecule has 0 saturated carbocycles. The zero-order valence-corrected chi connectivity index (χ0v) is 13.7. The average Bonchev–Trinajstić information content (AvgIpc) is 2.58. The molecule has 0 spiro atoms. The van der Waals surface area contributed by atoms with Gasteiger partial charge in [0.25, 0.3) is 0 Å². The van der Waals surface area contributed by atoms with Crippen molar-refractivity contribution in [2.24, 2.45) is 0 Å². The first-order chi connectivity index (χ1) is 11.5. The van der Waals surface area contributed by atoms with Crippen LogP contribution in [-0.2, 0) is 6.18 Å². The van der Waals surface area contributed by atoms with Crippen molar-refractivity contribution in [1.82, 2.24) is 10.2 Å². The van der Waals surface area contributed by atoms with E-state index < -0.39 is 11.7 Å². The Hall–Kier alpha value is -1.56. The molecule has 2 nitrogen and oxygen atoms in total. The van der Waals surface area contributed by atoms with Crippen LogP contribution >= 0.6 is 11.6 Å². The van der Waals surface area contributed by atoms with E-state index in [-0.39, 0.29) is 6.04 Å². The summed E-state index contributed by atoms with van der Waals surface area (Å²) in [5.74, 6) is 0. The SMILES string of the molecule is FC(F)(F)c1ccc(C(c2ccccc2Cl)N2CCNCC2)cc1. The summed E-state index contributed by atoms with van der Waals surface area (Å²) in [5, 5.41) is 3.92. The van der Waals surface area contributed by atoms with Gasteiger partial charge in [-0.25, -0.2) is 0 Å². The van der Waals surface area contributed by atoms with Crippen LogP contribution in [0, 0.1) is 0 Å². The summed E-state index contributed by atoms with van der Waals surface area (Å²) in [7, 11) is 0. The zero-order valence-electron chi connectivity index (χ0n) is 13.0. The number of hydrogen-bond acceptors (Lipinski definition) is 2. The molecule has 6 heteroatoms. The van der Waals surface area contributed by atoms with Crippen molar-refractivity contribution in [2.45, 2.75) is 12.2 Å². The van der Waals surface area contributed by atoms with E-state index in [1.807, 2.05) is 24.3 Å². The minimum absolute atomic E-state index is 0.150. The van der Waals surface area contributed by atoms with E-state index >= 15 is 0 Å². The van der Waals surface area contributed by atoms with E-state index in [0.717, 1.165) is 49.4 Å². The molecule has 1 unspecified atom stereocenters. The lowest BCUT2D eigenvalue weighted by Gasteiger charge is -2.36. The van der Waals surface area contributed by atoms with Crippen molar-refractivity contribution in [1.29, 1.82) is 0 Å². The number of piperazine rings is 1. The van der Waals surface area contributed by atoms with Crippen LogP contribution in [0.2, 0.25) is 5.02 Å². The molecule has 1 aliphatic rings. The van der Waals surface area contributed by atoms with Crippen molar-refractivity contribution >= 4 is 11.6 Å². The van der Waals surface area contributed by atoms with E-state index in [1.165, 1.54) is 0 Å². The lowest BCUT2D eigenvalue weighted by molar-refractivity contribution is -0.137. The fourth-order valence-electron chi connectivity index (χ4n) is 3.08. The van der Waals surface area contributed by atoms with Crippen molar-refractivity contribution in [3.05, 3.63) is 70.2 Å². The summed E-state index contributed by atoms with van der Waals surface area (Å²) in [4.78, 5) is 2.25. The first-order valence-corrected chi connectivity index (χ1v) is 8.21. The highest BCUT2D eigenvalue weighted by Gasteiger charge is 2.31. The van der Waals surface area contributed by atoms with Crippen LogP contribution in [0.3, 0.4) is 0 Å². The van der Waals surface area contributed by atoms with Crippen molar-refractivity contribution in [2.75, 3.05) is 26.2 Å². The number of nitrogens with one attached hydrogen (secondary N) is 1. The molecule has 1 N–H and O–H groups in total. The van der Waals surface area contributed by atoms with Gasteiger partial charge in [0, 0.05) is 31.2 Å². The monoisotopic (exact) mass is 354 g/mol. The van der Waals surface area contributed by atoms with Gasteiger partial charge in [-0.05, 0) is 29.3 Å². The van der Waals surface area contributed by atoms with E-state index in [4.69, 9.17) is 11.6 Å². The van der Waals surface area contributed by atoms with E-state index in [1.54, 1.807) is 12.1 Å². The van der Waals surface area contributed by atoms with Crippen molar-refractivity contribution < 1.29 is 13.2 Å². The Bertz CT molecular complexity index is 679. The fourth-order valence-corrected chi connectivity index (χ4v) is 3.32. The van der Waals surface area contributed by atoms with Crippen LogP contribution < -0.4 is 5.32 Å². The second-order valence-corrected chi connectivity index (χ2v) is 6.24. The molecule has 0 aromatic heterocycles. The standard InChI is InChI=1S/C18H18ClF3N2/c19-16-4-2-1-3-15(16)17(24-11-9-23-10-12-24)13-5-7-14(8-6-13)18(20,21)22/h1-8,17,23H,9-12H2. The first-order valence-electron chi connectivity index (χ1n) is 7.83. The van der Waals surface area contributed by atoms with Crippen LogP contribution in [-0.4, -0.2) is 31.1 Å². The van der Waals surface area contributed by atoms with Gasteiger partial charge in [-0.15, -0.1) is 0 Å². The number of halogens is 4. The first kappa shape index (κ1) is 17.3. The third kappa shape index (κ3) is 3.74. The molecule has 24 heavy (non-hydrogen) atoms. The molecular formula is C18H18ClF3N2. The quantitative estimate of drug-likeness (QED) is 0.881. The Morgan fingerprint density at radius 1 is 0.958 bits per heavy atom. The molecule has 0 amide bonds. The largest absolute Gasteiger partial charge is 0.416 e. The minimum atomic E-state index is -4.33. The maximum atomic E-state index is 12.8. The van der Waals surface area contributed by atoms with Crippen LogP contribution in [0.5, 0.6) is 0 Å². The molecule has 0 aliphatic carbocycles. The topological polar surface area (TPSA) is 15.3 Å². The molecule has 1 fully saturated rings. The van der Waals surface area contributed by atoms with Crippen molar-refractivity contribution in [3.63, 3.8) is 0 Å². The molecule has 128 valence electrons. The Balaban J connectivity index is 1.99. The van der Waals surface area contributed by atoms with Gasteiger partial charge in [0.05, 0.1) is 11.6 Å². The lowest BCUT2D eigenvalue weighted by Crippen LogP contribution is -2.45. The van der Waals surface area contributed by atoms with E-state index in [9.17, 15) is 13.2 Å². The molecule has 2 aromatic rings. The Kier molecular flexibility index (Phi) is 5.13. The van der Waals surface area contributed by atoms with Gasteiger partial charge in [-0.2, -0.15) is 13.2 Å². The van der Waals surface area contributed by atoms with Gasteiger partial charge in [0.1, 0.15) is 0 Å². The number of benzene rings is 2. The van der Waals surface area contributed by atoms with Gasteiger partial charge in [-0.1, -0.05) is 41.9 Å².